The summed E-state index contributed by atoms with van der Waals surface area (Å²) in [6, 6.07) is 4.50. The molecular weight excluding hydrogens is 397 g/mol. The van der Waals surface area contributed by atoms with E-state index in [0.717, 1.165) is 0 Å². The Kier molecular flexibility index (Phi) is 5.22. The lowest BCUT2D eigenvalue weighted by Crippen LogP contribution is -2.26. The lowest BCUT2D eigenvalue weighted by Gasteiger charge is -2.13. The minimum atomic E-state index is -0.642. The molecule has 25 heavy (non-hydrogen) atoms. The molecular formula is C15H13BrFN5O3. The average Bonchev–Trinajstić information content (AvgIpc) is 3.06. The highest BCUT2D eigenvalue weighted by Gasteiger charge is 2.19. The molecule has 2 aromatic heterocycles. The van der Waals surface area contributed by atoms with Crippen LogP contribution in [0.25, 0.3) is 10.9 Å². The van der Waals surface area contributed by atoms with Crippen LogP contribution in [0.4, 0.5) is 15.8 Å². The molecule has 0 radical (unpaired) electrons. The van der Waals surface area contributed by atoms with Gasteiger partial charge in [-0.05, 0) is 18.2 Å². The number of hydroxylamine groups is 1. The quantitative estimate of drug-likeness (QED) is 0.367. The van der Waals surface area contributed by atoms with Crippen LogP contribution in [0, 0.1) is 5.82 Å². The normalized spacial score (nSPS) is 10.8. The summed E-state index contributed by atoms with van der Waals surface area (Å²) in [6.07, 6.45) is 2.94. The number of H-pyrrole nitrogens is 1. The molecule has 0 bridgehead atoms. The second kappa shape index (κ2) is 7.55. The van der Waals surface area contributed by atoms with E-state index in [1.807, 2.05) is 0 Å². The van der Waals surface area contributed by atoms with Gasteiger partial charge in [0.05, 0.1) is 42.5 Å². The number of carbonyl (C=O) groups excluding carboxylic acids is 1. The number of aromatic nitrogens is 3. The number of aromatic amines is 1. The molecule has 2 heterocycles. The monoisotopic (exact) mass is 409 g/mol. The van der Waals surface area contributed by atoms with Crippen molar-refractivity contribution >= 4 is 44.1 Å². The Bertz CT molecular complexity index is 917. The molecule has 3 rings (SSSR count). The summed E-state index contributed by atoms with van der Waals surface area (Å²) >= 11 is 3.19. The first kappa shape index (κ1) is 17.3. The number of hydrogen-bond acceptors (Lipinski definition) is 6. The fourth-order valence-electron chi connectivity index (χ4n) is 2.15. The number of aliphatic hydroxyl groups is 1. The smallest absolute Gasteiger partial charge is 0.295 e. The van der Waals surface area contributed by atoms with E-state index >= 15 is 0 Å². The number of aliphatic hydroxyl groups excluding tert-OH is 1. The van der Waals surface area contributed by atoms with Crippen molar-refractivity contribution in [3.8, 4) is 0 Å². The summed E-state index contributed by atoms with van der Waals surface area (Å²) in [6.45, 7) is -0.312. The number of nitrogens with one attached hydrogen (secondary N) is 3. The van der Waals surface area contributed by atoms with Gasteiger partial charge in [-0.2, -0.15) is 5.10 Å². The predicted octanol–water partition coefficient (Wildman–Crippen LogP) is 2.26. The first-order valence-corrected chi connectivity index (χ1v) is 7.96. The topological polar surface area (TPSA) is 112 Å². The van der Waals surface area contributed by atoms with Crippen LogP contribution >= 0.6 is 15.9 Å². The summed E-state index contributed by atoms with van der Waals surface area (Å²) < 4.78 is 14.7. The van der Waals surface area contributed by atoms with E-state index in [9.17, 15) is 9.18 Å². The number of amides is 1. The summed E-state index contributed by atoms with van der Waals surface area (Å²) in [5.74, 6) is -1.14. The largest absolute Gasteiger partial charge is 0.394 e. The Balaban J connectivity index is 2.00. The van der Waals surface area contributed by atoms with E-state index in [-0.39, 0.29) is 30.3 Å². The average molecular weight is 410 g/mol. The van der Waals surface area contributed by atoms with Gasteiger partial charge in [0.2, 0.25) is 0 Å². The van der Waals surface area contributed by atoms with Crippen molar-refractivity contribution in [3.63, 3.8) is 0 Å². The number of pyridine rings is 1. The van der Waals surface area contributed by atoms with Crippen molar-refractivity contribution < 1.29 is 19.1 Å². The zero-order valence-electron chi connectivity index (χ0n) is 12.7. The van der Waals surface area contributed by atoms with Crippen LogP contribution in [0.5, 0.6) is 0 Å². The highest BCUT2D eigenvalue weighted by atomic mass is 79.9. The SMILES string of the molecule is O=C(NOCCO)c1ncc2[nH]ncc2c1Nc1ccc(Br)cc1F. The van der Waals surface area contributed by atoms with E-state index in [1.165, 1.54) is 24.5 Å². The number of carbonyl (C=O) groups is 1. The molecule has 1 amide bonds. The van der Waals surface area contributed by atoms with Gasteiger partial charge in [-0.25, -0.2) is 14.9 Å². The van der Waals surface area contributed by atoms with Crippen molar-refractivity contribution in [1.82, 2.24) is 20.7 Å². The van der Waals surface area contributed by atoms with Gasteiger partial charge < -0.3 is 10.4 Å². The summed E-state index contributed by atoms with van der Waals surface area (Å²) in [4.78, 5) is 21.2. The van der Waals surface area contributed by atoms with Crippen molar-refractivity contribution in [2.75, 3.05) is 18.5 Å². The third kappa shape index (κ3) is 3.76. The molecule has 0 aliphatic rings. The Labute approximate surface area is 149 Å². The maximum atomic E-state index is 14.2. The van der Waals surface area contributed by atoms with Gasteiger partial charge in [0.1, 0.15) is 5.82 Å². The molecule has 0 unspecified atom stereocenters. The zero-order valence-corrected chi connectivity index (χ0v) is 14.3. The third-order valence-electron chi connectivity index (χ3n) is 3.26. The molecule has 0 aliphatic heterocycles. The van der Waals surface area contributed by atoms with E-state index in [1.54, 1.807) is 6.07 Å². The van der Waals surface area contributed by atoms with Gasteiger partial charge >= 0.3 is 0 Å². The van der Waals surface area contributed by atoms with Crippen LogP contribution in [-0.4, -0.2) is 39.4 Å². The fraction of sp³-hybridized carbons (Fsp3) is 0.133. The van der Waals surface area contributed by atoms with Crippen LogP contribution in [0.1, 0.15) is 10.5 Å². The van der Waals surface area contributed by atoms with Crippen LogP contribution in [0.3, 0.4) is 0 Å². The maximum Gasteiger partial charge on any atom is 0.295 e. The van der Waals surface area contributed by atoms with E-state index in [4.69, 9.17) is 9.94 Å². The van der Waals surface area contributed by atoms with E-state index < -0.39 is 11.7 Å². The Morgan fingerprint density at radius 1 is 1.40 bits per heavy atom. The molecule has 3 aromatic rings. The first-order valence-electron chi connectivity index (χ1n) is 7.17. The third-order valence-corrected chi connectivity index (χ3v) is 3.76. The number of hydrogen-bond donors (Lipinski definition) is 4. The van der Waals surface area contributed by atoms with Crippen molar-refractivity contribution in [3.05, 3.63) is 46.6 Å². The molecule has 10 heteroatoms. The minimum absolute atomic E-state index is 0.00541. The predicted molar refractivity (Wildman–Crippen MR) is 91.8 cm³/mol. The van der Waals surface area contributed by atoms with Crippen LogP contribution in [-0.2, 0) is 4.84 Å². The van der Waals surface area contributed by atoms with Gasteiger partial charge in [0.15, 0.2) is 5.69 Å². The lowest BCUT2D eigenvalue weighted by atomic mass is 10.2. The molecule has 0 saturated heterocycles. The summed E-state index contributed by atoms with van der Waals surface area (Å²) in [7, 11) is 0. The van der Waals surface area contributed by atoms with Crippen LogP contribution in [0.15, 0.2) is 35.1 Å². The zero-order chi connectivity index (χ0) is 17.8. The van der Waals surface area contributed by atoms with Crippen molar-refractivity contribution in [2.24, 2.45) is 0 Å². The van der Waals surface area contributed by atoms with Crippen molar-refractivity contribution in [2.45, 2.75) is 0 Å². The second-order valence-corrected chi connectivity index (χ2v) is 5.85. The summed E-state index contributed by atoms with van der Waals surface area (Å²) in [5, 5.41) is 18.8. The molecule has 4 N–H and O–H groups in total. The molecule has 0 aliphatic carbocycles. The van der Waals surface area contributed by atoms with Crippen LogP contribution < -0.4 is 10.8 Å². The van der Waals surface area contributed by atoms with Gasteiger partial charge in [0.25, 0.3) is 5.91 Å². The van der Waals surface area contributed by atoms with Gasteiger partial charge in [-0.3, -0.25) is 14.7 Å². The minimum Gasteiger partial charge on any atom is -0.394 e. The van der Waals surface area contributed by atoms with Gasteiger partial charge in [-0.1, -0.05) is 15.9 Å². The number of rotatable bonds is 6. The number of halogens is 2. The van der Waals surface area contributed by atoms with Gasteiger partial charge in [0, 0.05) is 9.86 Å². The second-order valence-electron chi connectivity index (χ2n) is 4.93. The lowest BCUT2D eigenvalue weighted by molar-refractivity contribution is 0.0165. The maximum absolute atomic E-state index is 14.2. The van der Waals surface area contributed by atoms with Crippen LogP contribution in [0.2, 0.25) is 0 Å². The van der Waals surface area contributed by atoms with Gasteiger partial charge in [-0.15, -0.1) is 0 Å². The molecule has 0 atom stereocenters. The molecule has 8 nitrogen and oxygen atoms in total. The Morgan fingerprint density at radius 2 is 2.24 bits per heavy atom. The molecule has 130 valence electrons. The number of fused-ring (bicyclic) bond motifs is 1. The summed E-state index contributed by atoms with van der Waals surface area (Å²) in [5.41, 5.74) is 3.19. The van der Waals surface area contributed by atoms with E-state index in [0.29, 0.717) is 15.4 Å². The molecule has 0 fully saturated rings. The fourth-order valence-corrected chi connectivity index (χ4v) is 2.48. The Hall–Kier alpha value is -2.56. The molecule has 0 saturated carbocycles. The molecule has 1 aromatic carbocycles. The highest BCUT2D eigenvalue weighted by Crippen LogP contribution is 2.30. The first-order chi connectivity index (χ1) is 12.1. The van der Waals surface area contributed by atoms with Crippen molar-refractivity contribution in [1.29, 1.82) is 0 Å². The standard InChI is InChI=1S/C15H13BrFN5O3/c16-8-1-2-11(10(17)5-8)20-13-9-6-19-21-12(9)7-18-14(13)15(24)22-25-4-3-23/h1-2,5-7,20,23H,3-4H2,(H,19,21)(H,22,24). The molecule has 0 spiro atoms. The number of benzene rings is 1. The van der Waals surface area contributed by atoms with E-state index in [2.05, 4.69) is 41.9 Å². The highest BCUT2D eigenvalue weighted by molar-refractivity contribution is 9.10. The Morgan fingerprint density at radius 3 is 3.00 bits per heavy atom. The number of anilines is 2. The number of nitrogens with zero attached hydrogens (tertiary/aromatic N) is 2.